The quantitative estimate of drug-likeness (QED) is 0.512. The zero-order valence-corrected chi connectivity index (χ0v) is 16.6. The van der Waals surface area contributed by atoms with Crippen LogP contribution in [0.5, 0.6) is 0 Å². The van der Waals surface area contributed by atoms with Crippen LogP contribution in [-0.2, 0) is 0 Å². The highest BCUT2D eigenvalue weighted by Gasteiger charge is 2.48. The lowest BCUT2D eigenvalue weighted by molar-refractivity contribution is 0.699. The fourth-order valence-corrected chi connectivity index (χ4v) is 4.19. The Morgan fingerprint density at radius 1 is 0.708 bits per heavy atom. The zero-order valence-electron chi connectivity index (χ0n) is 16.6. The van der Waals surface area contributed by atoms with Gasteiger partial charge in [0, 0.05) is 0 Å². The average molecular weight is 327 g/mol. The van der Waals surface area contributed by atoms with E-state index in [1.807, 2.05) is 0 Å². The van der Waals surface area contributed by atoms with Crippen LogP contribution in [0.4, 0.5) is 0 Å². The van der Waals surface area contributed by atoms with Gasteiger partial charge in [0.15, 0.2) is 0 Å². The fourth-order valence-electron chi connectivity index (χ4n) is 4.19. The van der Waals surface area contributed by atoms with Gasteiger partial charge in [0.1, 0.15) is 0 Å². The smallest absolute Gasteiger partial charge is 0.356 e. The normalized spacial score (nSPS) is 21.2. The summed E-state index contributed by atoms with van der Waals surface area (Å²) in [5.41, 5.74) is 0. The SMILES string of the molecule is CCCB1NB(N2B(CC)NB(C)NB2CC)NB(CCC)N1C. The molecule has 0 aliphatic carbocycles. The highest BCUT2D eigenvalue weighted by Crippen LogP contribution is 2.15. The lowest BCUT2D eigenvalue weighted by Gasteiger charge is -2.50. The van der Waals surface area contributed by atoms with E-state index in [2.05, 4.69) is 71.5 Å². The standard InChI is InChI=1S/C12H34B6N6/c1-7-11-16-21-18(22-17(12-8-2)23(16)6)24-14(9-3)19-13(5)20-15(24)10-4/h19-22H,7-12H2,1-6H3. The molecule has 0 saturated carbocycles. The predicted octanol–water partition coefficient (Wildman–Crippen LogP) is 0.521. The van der Waals surface area contributed by atoms with Gasteiger partial charge in [-0.15, -0.1) is 0 Å². The fraction of sp³-hybridized carbons (Fsp3) is 1.00. The molecule has 0 aromatic carbocycles. The van der Waals surface area contributed by atoms with Gasteiger partial charge < -0.3 is 29.9 Å². The van der Waals surface area contributed by atoms with Crippen LogP contribution in [0.1, 0.15) is 40.5 Å². The maximum atomic E-state index is 3.87. The van der Waals surface area contributed by atoms with Crippen molar-refractivity contribution in [2.24, 2.45) is 0 Å². The molecule has 0 amide bonds. The van der Waals surface area contributed by atoms with E-state index in [4.69, 9.17) is 0 Å². The molecule has 0 bridgehead atoms. The molecule has 2 heterocycles. The Morgan fingerprint density at radius 2 is 1.17 bits per heavy atom. The van der Waals surface area contributed by atoms with Crippen LogP contribution in [-0.4, -0.2) is 58.4 Å². The molecule has 2 rings (SSSR count). The Hall–Kier alpha value is 0.150. The zero-order chi connectivity index (χ0) is 17.7. The van der Waals surface area contributed by atoms with E-state index in [-0.39, 0.29) is 7.12 Å². The van der Waals surface area contributed by atoms with Crippen molar-refractivity contribution in [3.8, 4) is 0 Å². The van der Waals surface area contributed by atoms with Crippen LogP contribution >= 0.6 is 0 Å². The minimum absolute atomic E-state index is 0.205. The van der Waals surface area contributed by atoms with Crippen molar-refractivity contribution in [3.05, 3.63) is 0 Å². The topological polar surface area (TPSA) is 54.6 Å². The molecular weight excluding hydrogens is 293 g/mol. The van der Waals surface area contributed by atoms with Gasteiger partial charge in [0.25, 0.3) is 34.9 Å². The summed E-state index contributed by atoms with van der Waals surface area (Å²) in [7, 11) is 2.46. The van der Waals surface area contributed by atoms with E-state index in [0.29, 0.717) is 34.9 Å². The van der Waals surface area contributed by atoms with Crippen LogP contribution in [0, 0.1) is 0 Å². The van der Waals surface area contributed by atoms with Crippen molar-refractivity contribution >= 4 is 42.0 Å². The Kier molecular flexibility index (Phi) is 8.30. The molecule has 0 unspecified atom stereocenters. The largest absolute Gasteiger partial charge is 0.373 e. The van der Waals surface area contributed by atoms with Crippen molar-refractivity contribution in [2.45, 2.75) is 72.6 Å². The molecule has 0 aromatic rings. The van der Waals surface area contributed by atoms with Gasteiger partial charge in [-0.2, -0.15) is 0 Å². The summed E-state index contributed by atoms with van der Waals surface area (Å²) in [6.07, 6.45) is 7.00. The summed E-state index contributed by atoms with van der Waals surface area (Å²) in [6.45, 7) is 13.3. The Balaban J connectivity index is 2.19. The number of hydrogen-bond donors (Lipinski definition) is 4. The molecular formula is C12H34B6N6. The second kappa shape index (κ2) is 9.74. The molecule has 0 atom stereocenters. The van der Waals surface area contributed by atoms with Crippen LogP contribution in [0.15, 0.2) is 0 Å². The molecule has 4 N–H and O–H groups in total. The van der Waals surface area contributed by atoms with E-state index < -0.39 is 0 Å². The van der Waals surface area contributed by atoms with E-state index in [1.54, 1.807) is 0 Å². The summed E-state index contributed by atoms with van der Waals surface area (Å²) in [6, 6.07) is 0. The average Bonchev–Trinajstić information content (AvgIpc) is 2.57. The highest BCUT2D eigenvalue weighted by atomic mass is 15.3. The third-order valence-corrected chi connectivity index (χ3v) is 5.48. The number of hydrogen-bond acceptors (Lipinski definition) is 6. The number of nitrogens with zero attached hydrogens (tertiary/aromatic N) is 2. The second-order valence-electron chi connectivity index (χ2n) is 7.36. The lowest BCUT2D eigenvalue weighted by Crippen LogP contribution is -2.87. The second-order valence-corrected chi connectivity index (χ2v) is 7.36. The first-order valence-corrected chi connectivity index (χ1v) is 10.1. The van der Waals surface area contributed by atoms with Gasteiger partial charge in [-0.3, -0.25) is 0 Å². The maximum Gasteiger partial charge on any atom is 0.356 e. The number of nitrogens with one attached hydrogen (secondary N) is 4. The van der Waals surface area contributed by atoms with E-state index >= 15 is 0 Å². The molecule has 0 spiro atoms. The van der Waals surface area contributed by atoms with E-state index in [9.17, 15) is 0 Å². The summed E-state index contributed by atoms with van der Waals surface area (Å²) in [5, 5.41) is 15.1. The van der Waals surface area contributed by atoms with Gasteiger partial charge in [0.05, 0.1) is 0 Å². The van der Waals surface area contributed by atoms with Crippen molar-refractivity contribution in [3.63, 3.8) is 0 Å². The Bertz CT molecular complexity index is 352. The van der Waals surface area contributed by atoms with Gasteiger partial charge in [0.2, 0.25) is 0 Å². The molecule has 2 saturated heterocycles. The van der Waals surface area contributed by atoms with E-state index in [1.165, 1.54) is 25.5 Å². The van der Waals surface area contributed by atoms with Crippen LogP contribution < -0.4 is 20.6 Å². The van der Waals surface area contributed by atoms with Crippen molar-refractivity contribution < 1.29 is 0 Å². The van der Waals surface area contributed by atoms with Gasteiger partial charge >= 0.3 is 7.12 Å². The van der Waals surface area contributed by atoms with Crippen LogP contribution in [0.3, 0.4) is 0 Å². The Labute approximate surface area is 152 Å². The van der Waals surface area contributed by atoms with Gasteiger partial charge in [-0.25, -0.2) is 0 Å². The molecule has 130 valence electrons. The molecule has 2 aliphatic heterocycles. The summed E-state index contributed by atoms with van der Waals surface area (Å²) in [4.78, 5) is 0. The van der Waals surface area contributed by atoms with Gasteiger partial charge in [-0.1, -0.05) is 47.4 Å². The van der Waals surface area contributed by atoms with Crippen LogP contribution in [0.2, 0.25) is 32.1 Å². The first-order valence-electron chi connectivity index (χ1n) is 10.1. The van der Waals surface area contributed by atoms with Crippen LogP contribution in [0.25, 0.3) is 0 Å². The molecule has 0 aromatic heterocycles. The first kappa shape index (κ1) is 20.5. The maximum absolute atomic E-state index is 3.87. The summed E-state index contributed by atoms with van der Waals surface area (Å²) < 4.78 is 5.07. The molecule has 0 radical (unpaired) electrons. The molecule has 2 fully saturated rings. The first-order chi connectivity index (χ1) is 11.5. The molecule has 12 heteroatoms. The Morgan fingerprint density at radius 3 is 1.54 bits per heavy atom. The summed E-state index contributed by atoms with van der Waals surface area (Å²) >= 11 is 0. The molecule has 6 nitrogen and oxygen atoms in total. The monoisotopic (exact) mass is 328 g/mol. The minimum Gasteiger partial charge on any atom is -0.373 e. The van der Waals surface area contributed by atoms with Crippen molar-refractivity contribution in [1.82, 2.24) is 29.9 Å². The third-order valence-electron chi connectivity index (χ3n) is 5.48. The molecule has 24 heavy (non-hydrogen) atoms. The minimum atomic E-state index is 0.205. The summed E-state index contributed by atoms with van der Waals surface area (Å²) in [5.74, 6) is 0. The number of rotatable bonds is 7. The highest BCUT2D eigenvalue weighted by molar-refractivity contribution is 6.98. The predicted molar refractivity (Wildman–Crippen MR) is 114 cm³/mol. The van der Waals surface area contributed by atoms with Crippen molar-refractivity contribution in [1.29, 1.82) is 0 Å². The van der Waals surface area contributed by atoms with Crippen molar-refractivity contribution in [2.75, 3.05) is 7.05 Å². The van der Waals surface area contributed by atoms with Gasteiger partial charge in [-0.05, 0) is 32.3 Å². The third kappa shape index (κ3) is 4.65. The van der Waals surface area contributed by atoms with E-state index in [0.717, 1.165) is 12.6 Å². The lowest BCUT2D eigenvalue weighted by atomic mass is 9.38. The molecule has 2 aliphatic rings.